The van der Waals surface area contributed by atoms with E-state index in [0.29, 0.717) is 16.4 Å². The lowest BCUT2D eigenvalue weighted by atomic mass is 9.52. The highest BCUT2D eigenvalue weighted by Crippen LogP contribution is 2.61. The van der Waals surface area contributed by atoms with Crippen molar-refractivity contribution in [2.24, 2.45) is 5.41 Å². The lowest BCUT2D eigenvalue weighted by Gasteiger charge is -2.50. The first-order valence-corrected chi connectivity index (χ1v) is 14.9. The molecule has 4 aromatic carbocycles. The normalized spacial score (nSPS) is 19.7. The zero-order chi connectivity index (χ0) is 29.7. The highest BCUT2D eigenvalue weighted by Gasteiger charge is 2.54. The maximum atomic E-state index is 14.1. The summed E-state index contributed by atoms with van der Waals surface area (Å²) < 4.78 is 19.0. The molecule has 0 spiro atoms. The van der Waals surface area contributed by atoms with Crippen molar-refractivity contribution in [2.75, 3.05) is 17.7 Å². The summed E-state index contributed by atoms with van der Waals surface area (Å²) in [4.78, 5) is 32.2. The monoisotopic (exact) mass is 589 g/mol. The van der Waals surface area contributed by atoms with Crippen LogP contribution in [0.5, 0.6) is 5.75 Å². The molecule has 3 aliphatic rings. The minimum atomic E-state index is -0.641. The Morgan fingerprint density at radius 2 is 1.60 bits per heavy atom. The molecule has 0 radical (unpaired) electrons. The van der Waals surface area contributed by atoms with Crippen molar-refractivity contribution < 1.29 is 18.7 Å². The highest BCUT2D eigenvalue weighted by molar-refractivity contribution is 7.19. The van der Waals surface area contributed by atoms with E-state index in [1.54, 1.807) is 30.5 Å². The molecule has 2 N–H and O–H groups in total. The Balaban J connectivity index is 1.11. The number of halogens is 1. The molecule has 8 heteroatoms. The van der Waals surface area contributed by atoms with Gasteiger partial charge in [-0.25, -0.2) is 9.37 Å². The fraction of sp³-hybridized carbons (Fsp3) is 0.171. The summed E-state index contributed by atoms with van der Waals surface area (Å²) >= 11 is 1.36. The van der Waals surface area contributed by atoms with Crippen LogP contribution >= 0.6 is 11.3 Å². The second kappa shape index (κ2) is 10.5. The fourth-order valence-electron chi connectivity index (χ4n) is 6.66. The second-order valence-electron chi connectivity index (χ2n) is 11.2. The molecular formula is C35H28FN3O3S. The van der Waals surface area contributed by atoms with Gasteiger partial charge in [0.1, 0.15) is 0 Å². The van der Waals surface area contributed by atoms with Gasteiger partial charge in [0.2, 0.25) is 5.91 Å². The summed E-state index contributed by atoms with van der Waals surface area (Å²) in [5.74, 6) is -0.746. The molecule has 0 aliphatic heterocycles. The molecule has 6 nitrogen and oxygen atoms in total. The highest BCUT2D eigenvalue weighted by atomic mass is 32.1. The van der Waals surface area contributed by atoms with Gasteiger partial charge in [-0.3, -0.25) is 9.59 Å². The third-order valence-electron chi connectivity index (χ3n) is 8.69. The van der Waals surface area contributed by atoms with E-state index in [1.807, 2.05) is 6.07 Å². The fourth-order valence-corrected chi connectivity index (χ4v) is 7.46. The van der Waals surface area contributed by atoms with E-state index in [0.717, 1.165) is 16.9 Å². The Morgan fingerprint density at radius 3 is 2.28 bits per heavy atom. The SMILES string of the molecule is COc1ccc(NC(=O)c2cccc(-c3cnc(NC(=O)C4(C)CC5c6ccccc6C4c4ccccc45)s3)c2)cc1F. The molecule has 0 saturated carbocycles. The van der Waals surface area contributed by atoms with Crippen LogP contribution in [-0.2, 0) is 4.79 Å². The van der Waals surface area contributed by atoms with E-state index in [2.05, 4.69) is 71.1 Å². The van der Waals surface area contributed by atoms with Crippen LogP contribution in [0.3, 0.4) is 0 Å². The lowest BCUT2D eigenvalue weighted by molar-refractivity contribution is -0.126. The molecule has 0 saturated heterocycles. The smallest absolute Gasteiger partial charge is 0.255 e. The maximum absolute atomic E-state index is 14.1. The number of nitrogens with one attached hydrogen (secondary N) is 2. The predicted octanol–water partition coefficient (Wildman–Crippen LogP) is 7.84. The summed E-state index contributed by atoms with van der Waals surface area (Å²) in [7, 11) is 1.39. The van der Waals surface area contributed by atoms with Gasteiger partial charge in [-0.2, -0.15) is 0 Å². The van der Waals surface area contributed by atoms with Crippen molar-refractivity contribution in [3.8, 4) is 16.2 Å². The van der Waals surface area contributed by atoms with Crippen LogP contribution < -0.4 is 15.4 Å². The molecule has 1 aromatic heterocycles. The molecule has 1 unspecified atom stereocenters. The molecule has 2 bridgehead atoms. The number of hydrogen-bond donors (Lipinski definition) is 2. The number of fused-ring (bicyclic) bond motifs is 1. The van der Waals surface area contributed by atoms with Crippen molar-refractivity contribution in [3.63, 3.8) is 0 Å². The van der Waals surface area contributed by atoms with Gasteiger partial charge in [-0.15, -0.1) is 0 Å². The standard InChI is InChI=1S/C35H28FN3O3S/c1-35(18-27-23-10-3-5-12-25(23)31(35)26-13-6-4-11-24(26)27)33(41)39-34-37-19-30(43-34)20-8-7-9-21(16-20)32(40)38-22-14-15-29(42-2)28(36)17-22/h3-17,19,27,31H,18H2,1-2H3,(H,38,40)(H,37,39,41). The molecule has 3 aliphatic carbocycles. The summed E-state index contributed by atoms with van der Waals surface area (Å²) in [6.07, 6.45) is 2.43. The van der Waals surface area contributed by atoms with E-state index in [4.69, 9.17) is 4.74 Å². The summed E-state index contributed by atoms with van der Waals surface area (Å²) in [5.41, 5.74) is 5.96. The van der Waals surface area contributed by atoms with Crippen LogP contribution in [0.2, 0.25) is 0 Å². The van der Waals surface area contributed by atoms with Crippen LogP contribution in [0.25, 0.3) is 10.4 Å². The van der Waals surface area contributed by atoms with Crippen molar-refractivity contribution >= 4 is 34.0 Å². The average molecular weight is 590 g/mol. The molecule has 5 aromatic rings. The third-order valence-corrected chi connectivity index (χ3v) is 9.66. The van der Waals surface area contributed by atoms with E-state index in [1.165, 1.54) is 52.8 Å². The average Bonchev–Trinajstić information content (AvgIpc) is 3.50. The molecule has 214 valence electrons. The largest absolute Gasteiger partial charge is 0.494 e. The number of benzene rings is 4. The van der Waals surface area contributed by atoms with Gasteiger partial charge >= 0.3 is 0 Å². The third kappa shape index (κ3) is 4.58. The van der Waals surface area contributed by atoms with Crippen LogP contribution in [0, 0.1) is 11.2 Å². The van der Waals surface area contributed by atoms with Crippen molar-refractivity contribution in [1.82, 2.24) is 4.98 Å². The van der Waals surface area contributed by atoms with Crippen molar-refractivity contribution in [3.05, 3.63) is 131 Å². The van der Waals surface area contributed by atoms with Crippen LogP contribution in [0.4, 0.5) is 15.2 Å². The molecular weight excluding hydrogens is 561 g/mol. The topological polar surface area (TPSA) is 80.3 Å². The van der Waals surface area contributed by atoms with Gasteiger partial charge < -0.3 is 15.4 Å². The number of anilines is 2. The van der Waals surface area contributed by atoms with Gasteiger partial charge in [0.15, 0.2) is 16.7 Å². The van der Waals surface area contributed by atoms with E-state index >= 15 is 0 Å². The number of amides is 2. The Hall–Kier alpha value is -4.82. The molecule has 1 heterocycles. The van der Waals surface area contributed by atoms with Crippen LogP contribution in [-0.4, -0.2) is 23.9 Å². The van der Waals surface area contributed by atoms with Crippen LogP contribution in [0.15, 0.2) is 97.2 Å². The number of thiazole rings is 1. The lowest BCUT2D eigenvalue weighted by Crippen LogP contribution is -2.47. The van der Waals surface area contributed by atoms with Gasteiger partial charge in [0.05, 0.1) is 17.4 Å². The first-order valence-electron chi connectivity index (χ1n) is 14.1. The van der Waals surface area contributed by atoms with Crippen molar-refractivity contribution in [1.29, 1.82) is 0 Å². The Labute approximate surface area is 252 Å². The number of hydrogen-bond acceptors (Lipinski definition) is 5. The molecule has 8 rings (SSSR count). The Kier molecular flexibility index (Phi) is 6.58. The van der Waals surface area contributed by atoms with Crippen LogP contribution in [0.1, 0.15) is 57.8 Å². The number of rotatable bonds is 6. The molecule has 43 heavy (non-hydrogen) atoms. The van der Waals surface area contributed by atoms with E-state index in [9.17, 15) is 14.0 Å². The number of ether oxygens (including phenoxy) is 1. The number of carbonyl (C=O) groups excluding carboxylic acids is 2. The van der Waals surface area contributed by atoms with Gasteiger partial charge in [-0.1, -0.05) is 72.0 Å². The first kappa shape index (κ1) is 27.0. The number of nitrogens with zero attached hydrogens (tertiary/aromatic N) is 1. The Morgan fingerprint density at radius 1 is 0.907 bits per heavy atom. The van der Waals surface area contributed by atoms with Gasteiger partial charge in [0, 0.05) is 35.3 Å². The van der Waals surface area contributed by atoms with Crippen molar-refractivity contribution in [2.45, 2.75) is 25.2 Å². The zero-order valence-corrected chi connectivity index (χ0v) is 24.4. The second-order valence-corrected chi connectivity index (χ2v) is 12.3. The summed E-state index contributed by atoms with van der Waals surface area (Å²) in [5, 5.41) is 6.35. The van der Waals surface area contributed by atoms with E-state index < -0.39 is 11.2 Å². The minimum absolute atomic E-state index is 0.0429. The molecule has 1 atom stereocenters. The maximum Gasteiger partial charge on any atom is 0.255 e. The van der Waals surface area contributed by atoms with E-state index in [-0.39, 0.29) is 29.4 Å². The minimum Gasteiger partial charge on any atom is -0.494 e. The number of carbonyl (C=O) groups is 2. The zero-order valence-electron chi connectivity index (χ0n) is 23.6. The number of aromatic nitrogens is 1. The summed E-state index contributed by atoms with van der Waals surface area (Å²) in [6, 6.07) is 28.3. The van der Waals surface area contributed by atoms with Gasteiger partial charge in [0.25, 0.3) is 5.91 Å². The quantitative estimate of drug-likeness (QED) is 0.212. The molecule has 2 amide bonds. The predicted molar refractivity (Wildman–Crippen MR) is 166 cm³/mol. The summed E-state index contributed by atoms with van der Waals surface area (Å²) in [6.45, 7) is 2.07. The Bertz CT molecular complexity index is 1860. The molecule has 0 fully saturated rings. The number of methoxy groups -OCH3 is 1. The first-order chi connectivity index (χ1) is 20.9. The van der Waals surface area contributed by atoms with Gasteiger partial charge in [-0.05, 0) is 65.4 Å².